The van der Waals surface area contributed by atoms with E-state index in [1.54, 1.807) is 0 Å². The first-order valence-corrected chi connectivity index (χ1v) is 3.65. The van der Waals surface area contributed by atoms with Gasteiger partial charge in [0, 0.05) is 24.9 Å². The molecule has 1 aromatic rings. The maximum atomic E-state index is 12.2. The van der Waals surface area contributed by atoms with Crippen LogP contribution in [-0.2, 0) is 13.2 Å². The second kappa shape index (κ2) is 3.16. The molecule has 0 aromatic carbocycles. The van der Waals surface area contributed by atoms with Crippen molar-refractivity contribution < 1.29 is 13.2 Å². The second-order valence-electron chi connectivity index (χ2n) is 2.49. The van der Waals surface area contributed by atoms with Crippen LogP contribution in [0.5, 0.6) is 0 Å². The molecule has 0 aliphatic carbocycles. The SMILES string of the molecule is Cn1c(C(F)(F)F)cc(=O)n(Cl)c1=O. The number of hydrogen-bond donors (Lipinski definition) is 0. The highest BCUT2D eigenvalue weighted by Gasteiger charge is 2.34. The molecule has 0 saturated carbocycles. The van der Waals surface area contributed by atoms with Gasteiger partial charge in [-0.3, -0.25) is 9.36 Å². The summed E-state index contributed by atoms with van der Waals surface area (Å²) in [5, 5.41) is 0. The van der Waals surface area contributed by atoms with Gasteiger partial charge in [0.15, 0.2) is 0 Å². The lowest BCUT2D eigenvalue weighted by atomic mass is 10.4. The first-order valence-electron chi connectivity index (χ1n) is 3.31. The lowest BCUT2D eigenvalue weighted by molar-refractivity contribution is -0.144. The van der Waals surface area contributed by atoms with E-state index in [-0.39, 0.29) is 14.7 Å². The predicted octanol–water partition coefficient (Wildman–Crippen LogP) is 0.568. The van der Waals surface area contributed by atoms with Crippen LogP contribution in [0.1, 0.15) is 5.69 Å². The van der Waals surface area contributed by atoms with Gasteiger partial charge < -0.3 is 0 Å². The number of nitrogens with zero attached hydrogens (tertiary/aromatic N) is 2. The van der Waals surface area contributed by atoms with E-state index >= 15 is 0 Å². The van der Waals surface area contributed by atoms with E-state index in [1.807, 2.05) is 0 Å². The van der Waals surface area contributed by atoms with Crippen LogP contribution in [0.25, 0.3) is 0 Å². The first kappa shape index (κ1) is 10.8. The van der Waals surface area contributed by atoms with Gasteiger partial charge in [0.05, 0.1) is 0 Å². The van der Waals surface area contributed by atoms with Gasteiger partial charge in [-0.1, -0.05) is 0 Å². The molecule has 0 radical (unpaired) electrons. The van der Waals surface area contributed by atoms with Crippen molar-refractivity contribution in [1.29, 1.82) is 0 Å². The van der Waals surface area contributed by atoms with Crippen molar-refractivity contribution in [2.24, 2.45) is 7.05 Å². The van der Waals surface area contributed by atoms with Crippen molar-refractivity contribution in [3.05, 3.63) is 32.6 Å². The molecule has 14 heavy (non-hydrogen) atoms. The Morgan fingerprint density at radius 3 is 2.29 bits per heavy atom. The fraction of sp³-hybridized carbons (Fsp3) is 0.333. The van der Waals surface area contributed by atoms with Crippen LogP contribution < -0.4 is 11.2 Å². The Balaban J connectivity index is 3.67. The monoisotopic (exact) mass is 228 g/mol. The predicted molar refractivity (Wildman–Crippen MR) is 42.2 cm³/mol. The largest absolute Gasteiger partial charge is 0.431 e. The number of hydrogen-bond acceptors (Lipinski definition) is 2. The summed E-state index contributed by atoms with van der Waals surface area (Å²) in [4.78, 5) is 21.7. The molecule has 0 atom stereocenters. The Bertz CT molecular complexity index is 473. The third-order valence-electron chi connectivity index (χ3n) is 1.56. The lowest BCUT2D eigenvalue weighted by Crippen LogP contribution is -2.37. The standard InChI is InChI=1S/C6H4ClF3N2O2/c1-11-3(6(8,9)10)2-4(13)12(7)5(11)14/h2H,1H3. The average molecular weight is 229 g/mol. The van der Waals surface area contributed by atoms with Crippen LogP contribution in [0.2, 0.25) is 0 Å². The van der Waals surface area contributed by atoms with E-state index in [0.717, 1.165) is 7.05 Å². The fourth-order valence-corrected chi connectivity index (χ4v) is 1.03. The molecule has 0 amide bonds. The van der Waals surface area contributed by atoms with Crippen LogP contribution in [0.15, 0.2) is 15.7 Å². The Morgan fingerprint density at radius 1 is 1.36 bits per heavy atom. The van der Waals surface area contributed by atoms with Crippen molar-refractivity contribution in [2.75, 3.05) is 0 Å². The van der Waals surface area contributed by atoms with Gasteiger partial charge in [0.1, 0.15) is 5.69 Å². The summed E-state index contributed by atoms with van der Waals surface area (Å²) in [5.41, 5.74) is -3.77. The summed E-state index contributed by atoms with van der Waals surface area (Å²) in [6.07, 6.45) is -4.75. The highest BCUT2D eigenvalue weighted by atomic mass is 35.5. The lowest BCUT2D eigenvalue weighted by Gasteiger charge is -2.10. The summed E-state index contributed by atoms with van der Waals surface area (Å²) in [7, 11) is 0.878. The Kier molecular flexibility index (Phi) is 2.45. The van der Waals surface area contributed by atoms with Crippen LogP contribution in [-0.4, -0.2) is 8.65 Å². The molecule has 8 heteroatoms. The second-order valence-corrected chi connectivity index (χ2v) is 2.83. The molecule has 1 aromatic heterocycles. The van der Waals surface area contributed by atoms with Crippen LogP contribution in [0.3, 0.4) is 0 Å². The van der Waals surface area contributed by atoms with Crippen molar-refractivity contribution in [1.82, 2.24) is 8.65 Å². The van der Waals surface area contributed by atoms with Gasteiger partial charge in [0.2, 0.25) is 0 Å². The minimum Gasteiger partial charge on any atom is -0.291 e. The maximum Gasteiger partial charge on any atom is 0.431 e. The Labute approximate surface area is 80.3 Å². The topological polar surface area (TPSA) is 44.0 Å². The molecule has 4 nitrogen and oxygen atoms in total. The van der Waals surface area contributed by atoms with Gasteiger partial charge in [-0.15, -0.1) is 0 Å². The van der Waals surface area contributed by atoms with Crippen LogP contribution >= 0.6 is 11.8 Å². The molecule has 1 rings (SSSR count). The molecule has 0 bridgehead atoms. The fourth-order valence-electron chi connectivity index (χ4n) is 0.871. The molecule has 0 aliphatic heterocycles. The zero-order valence-corrected chi connectivity index (χ0v) is 7.56. The molecule has 0 unspecified atom stereocenters. The summed E-state index contributed by atoms with van der Waals surface area (Å²) >= 11 is 5.11. The van der Waals surface area contributed by atoms with Gasteiger partial charge in [-0.25, -0.2) is 4.79 Å². The van der Waals surface area contributed by atoms with Gasteiger partial charge >= 0.3 is 11.9 Å². The quantitative estimate of drug-likeness (QED) is 0.652. The summed E-state index contributed by atoms with van der Waals surface area (Å²) in [6.45, 7) is 0. The average Bonchev–Trinajstić information content (AvgIpc) is 2.06. The van der Waals surface area contributed by atoms with Crippen LogP contribution in [0.4, 0.5) is 13.2 Å². The van der Waals surface area contributed by atoms with E-state index in [2.05, 4.69) is 0 Å². The van der Waals surface area contributed by atoms with E-state index in [0.29, 0.717) is 0 Å². The van der Waals surface area contributed by atoms with E-state index in [9.17, 15) is 22.8 Å². The summed E-state index contributed by atoms with van der Waals surface area (Å²) < 4.78 is 36.9. The van der Waals surface area contributed by atoms with Crippen molar-refractivity contribution >= 4 is 11.8 Å². The molecule has 0 N–H and O–H groups in total. The van der Waals surface area contributed by atoms with Crippen molar-refractivity contribution in [2.45, 2.75) is 6.18 Å². The molecule has 0 saturated heterocycles. The van der Waals surface area contributed by atoms with E-state index in [1.165, 1.54) is 0 Å². The molecular formula is C6H4ClF3N2O2. The molecular weight excluding hydrogens is 225 g/mol. The molecule has 0 aliphatic rings. The van der Waals surface area contributed by atoms with Gasteiger partial charge in [0.25, 0.3) is 5.56 Å². The third-order valence-corrected chi connectivity index (χ3v) is 1.87. The van der Waals surface area contributed by atoms with Crippen molar-refractivity contribution in [3.8, 4) is 0 Å². The summed E-state index contributed by atoms with van der Waals surface area (Å²) in [5.74, 6) is 0. The van der Waals surface area contributed by atoms with E-state index in [4.69, 9.17) is 11.8 Å². The maximum absolute atomic E-state index is 12.2. The zero-order chi connectivity index (χ0) is 11.1. The Hall–Kier alpha value is -1.24. The number of aromatic nitrogens is 2. The third kappa shape index (κ3) is 1.67. The molecule has 1 heterocycles. The highest BCUT2D eigenvalue weighted by molar-refractivity contribution is 6.15. The normalized spacial score (nSPS) is 11.8. The Morgan fingerprint density at radius 2 is 1.86 bits per heavy atom. The minimum atomic E-state index is -4.75. The first-order chi connectivity index (χ1) is 6.25. The molecule has 0 fully saturated rings. The molecule has 78 valence electrons. The zero-order valence-electron chi connectivity index (χ0n) is 6.80. The summed E-state index contributed by atoms with van der Waals surface area (Å²) in [6, 6.07) is 0.258. The van der Waals surface area contributed by atoms with E-state index < -0.39 is 23.1 Å². The van der Waals surface area contributed by atoms with Crippen molar-refractivity contribution in [3.63, 3.8) is 0 Å². The smallest absolute Gasteiger partial charge is 0.291 e. The number of rotatable bonds is 0. The molecule has 0 spiro atoms. The minimum absolute atomic E-state index is 0.0786. The van der Waals surface area contributed by atoms with Gasteiger partial charge in [-0.2, -0.15) is 17.3 Å². The number of halogens is 4. The van der Waals surface area contributed by atoms with Gasteiger partial charge in [-0.05, 0) is 0 Å². The van der Waals surface area contributed by atoms with Crippen LogP contribution in [0, 0.1) is 0 Å². The highest BCUT2D eigenvalue weighted by Crippen LogP contribution is 2.26. The number of alkyl halides is 3.